The molecule has 2 saturated heterocycles. The number of nitrogen functional groups attached to an aromatic ring is 1. The summed E-state index contributed by atoms with van der Waals surface area (Å²) in [4.78, 5) is 6.52. The summed E-state index contributed by atoms with van der Waals surface area (Å²) in [5.74, 6) is 0.838. The summed E-state index contributed by atoms with van der Waals surface area (Å²) in [6, 6.07) is 1.75. The summed E-state index contributed by atoms with van der Waals surface area (Å²) in [6.07, 6.45) is 4.62. The Morgan fingerprint density at radius 3 is 2.69 bits per heavy atom. The lowest BCUT2D eigenvalue weighted by molar-refractivity contribution is 0.0303. The number of anilines is 2. The van der Waals surface area contributed by atoms with E-state index < -0.39 is 0 Å². The minimum absolute atomic E-state index is 0.343. The van der Waals surface area contributed by atoms with Crippen LogP contribution in [0.25, 0.3) is 0 Å². The molecule has 16 heavy (non-hydrogen) atoms. The second-order valence-electron chi connectivity index (χ2n) is 4.43. The van der Waals surface area contributed by atoms with Gasteiger partial charge in [-0.3, -0.25) is 0 Å². The number of morpholine rings is 1. The molecule has 0 spiro atoms. The molecule has 2 bridgehead atoms. The van der Waals surface area contributed by atoms with Gasteiger partial charge in [0.15, 0.2) is 5.82 Å². The molecule has 0 saturated carbocycles. The molecule has 5 heteroatoms. The van der Waals surface area contributed by atoms with Gasteiger partial charge in [-0.05, 0) is 18.9 Å². The number of rotatable bonds is 1. The zero-order valence-electron chi connectivity index (χ0n) is 8.90. The smallest absolute Gasteiger partial charge is 0.152 e. The SMILES string of the molecule is Nc1cc(Cl)cnc1N1CC2CCC(C1)O2. The van der Waals surface area contributed by atoms with Gasteiger partial charge in [-0.2, -0.15) is 0 Å². The van der Waals surface area contributed by atoms with Crippen molar-refractivity contribution in [2.24, 2.45) is 0 Å². The Morgan fingerprint density at radius 1 is 1.38 bits per heavy atom. The average Bonchev–Trinajstić information content (AvgIpc) is 2.58. The molecule has 0 amide bonds. The fourth-order valence-electron chi connectivity index (χ4n) is 2.50. The van der Waals surface area contributed by atoms with E-state index in [-0.39, 0.29) is 0 Å². The maximum Gasteiger partial charge on any atom is 0.152 e. The maximum absolute atomic E-state index is 5.93. The minimum Gasteiger partial charge on any atom is -0.396 e. The Hall–Kier alpha value is -1.00. The van der Waals surface area contributed by atoms with Gasteiger partial charge < -0.3 is 15.4 Å². The van der Waals surface area contributed by atoms with Crippen LogP contribution < -0.4 is 10.6 Å². The van der Waals surface area contributed by atoms with Crippen molar-refractivity contribution < 1.29 is 4.74 Å². The zero-order valence-corrected chi connectivity index (χ0v) is 9.65. The van der Waals surface area contributed by atoms with E-state index >= 15 is 0 Å². The van der Waals surface area contributed by atoms with E-state index in [0.717, 1.165) is 31.7 Å². The highest BCUT2D eigenvalue weighted by atomic mass is 35.5. The molecule has 3 rings (SSSR count). The van der Waals surface area contributed by atoms with Gasteiger partial charge in [0.2, 0.25) is 0 Å². The quantitative estimate of drug-likeness (QED) is 0.810. The largest absolute Gasteiger partial charge is 0.396 e. The molecule has 1 aromatic rings. The summed E-state index contributed by atoms with van der Waals surface area (Å²) >= 11 is 5.84. The molecule has 86 valence electrons. The summed E-state index contributed by atoms with van der Waals surface area (Å²) in [5.41, 5.74) is 6.58. The van der Waals surface area contributed by atoms with Crippen molar-refractivity contribution in [3.05, 3.63) is 17.3 Å². The third-order valence-electron chi connectivity index (χ3n) is 3.20. The zero-order chi connectivity index (χ0) is 11.1. The number of nitrogens with zero attached hydrogens (tertiary/aromatic N) is 2. The number of ether oxygens (including phenoxy) is 1. The van der Waals surface area contributed by atoms with Crippen molar-refractivity contribution in [1.82, 2.24) is 4.98 Å². The first kappa shape index (κ1) is 10.2. The summed E-state index contributed by atoms with van der Waals surface area (Å²) in [7, 11) is 0. The van der Waals surface area contributed by atoms with E-state index in [4.69, 9.17) is 22.1 Å². The third kappa shape index (κ3) is 1.72. The maximum atomic E-state index is 5.93. The first-order chi connectivity index (χ1) is 7.72. The van der Waals surface area contributed by atoms with Gasteiger partial charge in [0.05, 0.1) is 22.9 Å². The predicted octanol–water partition coefficient (Wildman–Crippen LogP) is 1.68. The first-order valence-electron chi connectivity index (χ1n) is 5.54. The standard InChI is InChI=1S/C11H14ClN3O/c12-7-3-10(13)11(14-4-7)15-5-8-1-2-9(6-15)16-8/h3-4,8-9H,1-2,5-6,13H2. The summed E-state index contributed by atoms with van der Waals surface area (Å²) in [6.45, 7) is 1.77. The van der Waals surface area contributed by atoms with Crippen molar-refractivity contribution in [2.75, 3.05) is 23.7 Å². The molecular formula is C11H14ClN3O. The number of nitrogens with two attached hydrogens (primary N) is 1. The van der Waals surface area contributed by atoms with Crippen LogP contribution in [0.1, 0.15) is 12.8 Å². The highest BCUT2D eigenvalue weighted by Crippen LogP contribution is 2.31. The minimum atomic E-state index is 0.343. The summed E-state index contributed by atoms with van der Waals surface area (Å²) < 4.78 is 5.78. The van der Waals surface area contributed by atoms with Crippen molar-refractivity contribution in [3.8, 4) is 0 Å². The van der Waals surface area contributed by atoms with Crippen molar-refractivity contribution >= 4 is 23.1 Å². The molecule has 2 fully saturated rings. The second kappa shape index (κ2) is 3.79. The molecule has 2 aliphatic heterocycles. The van der Waals surface area contributed by atoms with Crippen LogP contribution in [0, 0.1) is 0 Å². The third-order valence-corrected chi connectivity index (χ3v) is 3.41. The molecule has 1 aromatic heterocycles. The molecule has 0 radical (unpaired) electrons. The van der Waals surface area contributed by atoms with Gasteiger partial charge in [-0.15, -0.1) is 0 Å². The van der Waals surface area contributed by atoms with Crippen LogP contribution >= 0.6 is 11.6 Å². The molecule has 3 heterocycles. The van der Waals surface area contributed by atoms with E-state index in [0.29, 0.717) is 22.9 Å². The van der Waals surface area contributed by atoms with Crippen LogP contribution in [0.3, 0.4) is 0 Å². The summed E-state index contributed by atoms with van der Waals surface area (Å²) in [5, 5.41) is 0.581. The number of hydrogen-bond acceptors (Lipinski definition) is 4. The Bertz CT molecular complexity index is 400. The fraction of sp³-hybridized carbons (Fsp3) is 0.545. The molecule has 2 N–H and O–H groups in total. The van der Waals surface area contributed by atoms with E-state index in [1.54, 1.807) is 12.3 Å². The normalized spacial score (nSPS) is 28.4. The fourth-order valence-corrected chi connectivity index (χ4v) is 2.67. The van der Waals surface area contributed by atoms with Crippen LogP contribution in [0.4, 0.5) is 11.5 Å². The first-order valence-corrected chi connectivity index (χ1v) is 5.91. The van der Waals surface area contributed by atoms with Crippen LogP contribution in [0.15, 0.2) is 12.3 Å². The molecule has 2 atom stereocenters. The van der Waals surface area contributed by atoms with Crippen LogP contribution in [-0.4, -0.2) is 30.3 Å². The Balaban J connectivity index is 1.87. The number of halogens is 1. The average molecular weight is 240 g/mol. The topological polar surface area (TPSA) is 51.4 Å². The number of pyridine rings is 1. The van der Waals surface area contributed by atoms with Crippen molar-refractivity contribution in [1.29, 1.82) is 0 Å². The van der Waals surface area contributed by atoms with Crippen molar-refractivity contribution in [2.45, 2.75) is 25.0 Å². The lowest BCUT2D eigenvalue weighted by Crippen LogP contribution is -2.43. The van der Waals surface area contributed by atoms with Crippen molar-refractivity contribution in [3.63, 3.8) is 0 Å². The monoisotopic (exact) mass is 239 g/mol. The van der Waals surface area contributed by atoms with Gasteiger partial charge in [0.1, 0.15) is 0 Å². The van der Waals surface area contributed by atoms with Gasteiger partial charge in [0.25, 0.3) is 0 Å². The molecule has 0 aromatic carbocycles. The molecular weight excluding hydrogens is 226 g/mol. The molecule has 0 aliphatic carbocycles. The van der Waals surface area contributed by atoms with E-state index in [1.165, 1.54) is 0 Å². The number of hydrogen-bond donors (Lipinski definition) is 1. The highest BCUT2D eigenvalue weighted by Gasteiger charge is 2.34. The molecule has 2 unspecified atom stereocenters. The van der Waals surface area contributed by atoms with Crippen LogP contribution in [-0.2, 0) is 4.74 Å². The second-order valence-corrected chi connectivity index (χ2v) is 4.87. The highest BCUT2D eigenvalue weighted by molar-refractivity contribution is 6.30. The lowest BCUT2D eigenvalue weighted by atomic mass is 10.2. The van der Waals surface area contributed by atoms with Crippen LogP contribution in [0.2, 0.25) is 5.02 Å². The van der Waals surface area contributed by atoms with Crippen LogP contribution in [0.5, 0.6) is 0 Å². The molecule has 4 nitrogen and oxygen atoms in total. The Morgan fingerprint density at radius 2 is 2.06 bits per heavy atom. The van der Waals surface area contributed by atoms with Gasteiger partial charge in [0, 0.05) is 19.3 Å². The van der Waals surface area contributed by atoms with E-state index in [1.807, 2.05) is 0 Å². The van der Waals surface area contributed by atoms with Gasteiger partial charge in [-0.1, -0.05) is 11.6 Å². The Labute approximate surface area is 99.3 Å². The van der Waals surface area contributed by atoms with Gasteiger partial charge in [-0.25, -0.2) is 4.98 Å². The number of fused-ring (bicyclic) bond motifs is 2. The predicted molar refractivity (Wildman–Crippen MR) is 63.8 cm³/mol. The van der Waals surface area contributed by atoms with Gasteiger partial charge >= 0.3 is 0 Å². The Kier molecular flexibility index (Phi) is 2.41. The van der Waals surface area contributed by atoms with E-state index in [9.17, 15) is 0 Å². The van der Waals surface area contributed by atoms with E-state index in [2.05, 4.69) is 9.88 Å². The number of aromatic nitrogens is 1. The molecule has 2 aliphatic rings. The lowest BCUT2D eigenvalue weighted by Gasteiger charge is -2.33.